The van der Waals surface area contributed by atoms with E-state index in [9.17, 15) is 5.21 Å². The van der Waals surface area contributed by atoms with Crippen LogP contribution >= 0.6 is 0 Å². The lowest BCUT2D eigenvalue weighted by atomic mass is 10.1. The van der Waals surface area contributed by atoms with Gasteiger partial charge in [0.1, 0.15) is 0 Å². The highest BCUT2D eigenvalue weighted by Crippen LogP contribution is 2.16. The molecule has 2 rings (SSSR count). The van der Waals surface area contributed by atoms with E-state index < -0.39 is 0 Å². The fourth-order valence-corrected chi connectivity index (χ4v) is 1.61. The number of aryl methyl sites for hydroxylation is 2. The molecule has 0 spiro atoms. The Labute approximate surface area is 101 Å². The van der Waals surface area contributed by atoms with E-state index in [-0.39, 0.29) is 0 Å². The molecule has 86 valence electrons. The average Bonchev–Trinajstić information content (AvgIpc) is 2.34. The smallest absolute Gasteiger partial charge is 0.216 e. The summed E-state index contributed by atoms with van der Waals surface area (Å²) in [7, 11) is 0. The highest BCUT2D eigenvalue weighted by Gasteiger charge is 2.03. The van der Waals surface area contributed by atoms with Crippen molar-refractivity contribution in [3.05, 3.63) is 70.4 Å². The topological polar surface area (TPSA) is 26.1 Å². The molecule has 0 saturated carbocycles. The molecule has 0 amide bonds. The molecule has 0 radical (unpaired) electrons. The summed E-state index contributed by atoms with van der Waals surface area (Å²) < 4.78 is 0.905. The van der Waals surface area contributed by atoms with Crippen molar-refractivity contribution in [1.82, 2.24) is 0 Å². The fraction of sp³-hybridized carbons (Fsp3) is 0.133. The zero-order valence-electron chi connectivity index (χ0n) is 10.1. The normalized spacial score (nSPS) is 11.5. The average molecular weight is 225 g/mol. The van der Waals surface area contributed by atoms with Crippen molar-refractivity contribution in [2.24, 2.45) is 0 Å². The lowest BCUT2D eigenvalue weighted by molar-refractivity contribution is -0.354. The first kappa shape index (κ1) is 11.4. The molecular weight excluding hydrogens is 210 g/mol. The van der Waals surface area contributed by atoms with Crippen LogP contribution in [-0.4, -0.2) is 11.0 Å². The maximum Gasteiger partial charge on any atom is 0.216 e. The molecule has 17 heavy (non-hydrogen) atoms. The molecule has 0 aromatic heterocycles. The van der Waals surface area contributed by atoms with Crippen LogP contribution in [0.2, 0.25) is 0 Å². The second-order valence-corrected chi connectivity index (χ2v) is 4.13. The molecule has 0 aliphatic heterocycles. The molecular formula is C15H15NO. The minimum atomic E-state index is 0.664. The van der Waals surface area contributed by atoms with Gasteiger partial charge in [-0.05, 0) is 37.1 Å². The van der Waals surface area contributed by atoms with E-state index in [1.54, 1.807) is 6.21 Å². The highest BCUT2D eigenvalue weighted by atomic mass is 16.5. The van der Waals surface area contributed by atoms with Crippen molar-refractivity contribution in [3.8, 4) is 0 Å². The Morgan fingerprint density at radius 3 is 2.29 bits per heavy atom. The largest absolute Gasteiger partial charge is 0.618 e. The highest BCUT2D eigenvalue weighted by molar-refractivity contribution is 5.76. The molecule has 2 aromatic carbocycles. The van der Waals surface area contributed by atoms with Crippen molar-refractivity contribution in [1.29, 1.82) is 0 Å². The van der Waals surface area contributed by atoms with Gasteiger partial charge in [0.25, 0.3) is 0 Å². The summed E-state index contributed by atoms with van der Waals surface area (Å²) in [5, 5.41) is 11.9. The Hall–Kier alpha value is -2.09. The molecule has 0 N–H and O–H groups in total. The fourth-order valence-electron chi connectivity index (χ4n) is 1.61. The van der Waals surface area contributed by atoms with E-state index in [4.69, 9.17) is 0 Å². The quantitative estimate of drug-likeness (QED) is 0.332. The number of benzene rings is 2. The van der Waals surface area contributed by atoms with Crippen molar-refractivity contribution in [2.75, 3.05) is 0 Å². The van der Waals surface area contributed by atoms with Gasteiger partial charge in [-0.25, -0.2) is 0 Å². The molecule has 0 fully saturated rings. The summed E-state index contributed by atoms with van der Waals surface area (Å²) in [6.07, 6.45) is 1.59. The zero-order chi connectivity index (χ0) is 12.3. The number of hydrogen-bond donors (Lipinski definition) is 0. The number of hydrogen-bond acceptors (Lipinski definition) is 1. The molecule has 0 heterocycles. The predicted molar refractivity (Wildman–Crippen MR) is 70.8 cm³/mol. The molecule has 2 heteroatoms. The van der Waals surface area contributed by atoms with E-state index >= 15 is 0 Å². The lowest BCUT2D eigenvalue weighted by Crippen LogP contribution is -1.99. The van der Waals surface area contributed by atoms with Gasteiger partial charge in [-0.2, -0.15) is 4.74 Å². The lowest BCUT2D eigenvalue weighted by Gasteiger charge is -2.05. The second-order valence-electron chi connectivity index (χ2n) is 4.13. The third kappa shape index (κ3) is 2.72. The van der Waals surface area contributed by atoms with Gasteiger partial charge in [0.15, 0.2) is 6.21 Å². The van der Waals surface area contributed by atoms with Gasteiger partial charge in [-0.1, -0.05) is 24.3 Å². The SMILES string of the molecule is Cc1ccc([N+]([O-])=Cc2ccccc2)cc1C. The molecule has 0 aliphatic carbocycles. The Balaban J connectivity index is 2.34. The van der Waals surface area contributed by atoms with Crippen molar-refractivity contribution in [3.63, 3.8) is 0 Å². The summed E-state index contributed by atoms with van der Waals surface area (Å²) >= 11 is 0. The first-order chi connectivity index (χ1) is 8.16. The summed E-state index contributed by atoms with van der Waals surface area (Å²) in [4.78, 5) is 0. The first-order valence-corrected chi connectivity index (χ1v) is 5.60. The molecule has 0 bridgehead atoms. The van der Waals surface area contributed by atoms with Gasteiger partial charge in [-0.3, -0.25) is 0 Å². The van der Waals surface area contributed by atoms with Gasteiger partial charge >= 0.3 is 0 Å². The van der Waals surface area contributed by atoms with Crippen molar-refractivity contribution in [2.45, 2.75) is 13.8 Å². The summed E-state index contributed by atoms with van der Waals surface area (Å²) in [6, 6.07) is 15.3. The van der Waals surface area contributed by atoms with Crippen LogP contribution in [0, 0.1) is 19.1 Å². The Morgan fingerprint density at radius 2 is 1.65 bits per heavy atom. The maximum atomic E-state index is 11.9. The van der Waals surface area contributed by atoms with Gasteiger partial charge in [-0.15, -0.1) is 0 Å². The Morgan fingerprint density at radius 1 is 0.941 bits per heavy atom. The van der Waals surface area contributed by atoms with Crippen LogP contribution < -0.4 is 0 Å². The van der Waals surface area contributed by atoms with Crippen LogP contribution in [0.25, 0.3) is 0 Å². The minimum absolute atomic E-state index is 0.664. The Bertz CT molecular complexity index is 544. The van der Waals surface area contributed by atoms with Crippen LogP contribution in [0.15, 0.2) is 48.5 Å². The monoisotopic (exact) mass is 225 g/mol. The third-order valence-electron chi connectivity index (χ3n) is 2.81. The molecule has 0 aliphatic rings. The summed E-state index contributed by atoms with van der Waals surface area (Å²) in [5.41, 5.74) is 3.89. The molecule has 0 atom stereocenters. The first-order valence-electron chi connectivity index (χ1n) is 5.60. The maximum absolute atomic E-state index is 11.9. The zero-order valence-corrected chi connectivity index (χ0v) is 10.1. The van der Waals surface area contributed by atoms with Gasteiger partial charge in [0, 0.05) is 17.7 Å². The van der Waals surface area contributed by atoms with Gasteiger partial charge < -0.3 is 5.21 Å². The van der Waals surface area contributed by atoms with Crippen LogP contribution in [0.4, 0.5) is 5.69 Å². The summed E-state index contributed by atoms with van der Waals surface area (Å²) in [6.45, 7) is 4.05. The molecule has 2 aromatic rings. The molecule has 2 nitrogen and oxygen atoms in total. The second kappa shape index (κ2) is 4.83. The van der Waals surface area contributed by atoms with E-state index in [1.807, 2.05) is 62.4 Å². The van der Waals surface area contributed by atoms with E-state index in [0.29, 0.717) is 5.69 Å². The van der Waals surface area contributed by atoms with Crippen molar-refractivity contribution < 1.29 is 4.74 Å². The predicted octanol–water partition coefficient (Wildman–Crippen LogP) is 3.56. The van der Waals surface area contributed by atoms with E-state index in [1.165, 1.54) is 5.56 Å². The number of rotatable bonds is 2. The van der Waals surface area contributed by atoms with Gasteiger partial charge in [0.2, 0.25) is 5.69 Å². The molecule has 0 saturated heterocycles. The Kier molecular flexibility index (Phi) is 3.24. The minimum Gasteiger partial charge on any atom is -0.618 e. The van der Waals surface area contributed by atoms with Crippen LogP contribution in [0.1, 0.15) is 16.7 Å². The van der Waals surface area contributed by atoms with E-state index in [0.717, 1.165) is 15.9 Å². The van der Waals surface area contributed by atoms with Gasteiger partial charge in [0.05, 0.1) is 0 Å². The van der Waals surface area contributed by atoms with E-state index in [2.05, 4.69) is 0 Å². The third-order valence-corrected chi connectivity index (χ3v) is 2.81. The van der Waals surface area contributed by atoms with Crippen LogP contribution in [0.3, 0.4) is 0 Å². The standard InChI is InChI=1S/C15H15NO/c1-12-8-9-15(10-13(12)2)16(17)11-14-6-4-3-5-7-14/h3-11H,1-2H3. The van der Waals surface area contributed by atoms with Crippen LogP contribution in [-0.2, 0) is 0 Å². The van der Waals surface area contributed by atoms with Crippen molar-refractivity contribution >= 4 is 11.9 Å². The summed E-state index contributed by atoms with van der Waals surface area (Å²) in [5.74, 6) is 0. The van der Waals surface area contributed by atoms with Crippen LogP contribution in [0.5, 0.6) is 0 Å². The molecule has 0 unspecified atom stereocenters. The number of nitrogens with zero attached hydrogens (tertiary/aromatic N) is 1.